The van der Waals surface area contributed by atoms with Crippen LogP contribution >= 0.6 is 0 Å². The first-order valence-electron chi connectivity index (χ1n) is 8.64. The van der Waals surface area contributed by atoms with Crippen LogP contribution in [0.2, 0.25) is 0 Å². The van der Waals surface area contributed by atoms with Gasteiger partial charge in [0.15, 0.2) is 9.84 Å². The quantitative estimate of drug-likeness (QED) is 0.480. The fraction of sp³-hybridized carbons (Fsp3) is 0.867. The number of ether oxygens (including phenoxy) is 1. The number of rotatable bonds is 7. The monoisotopic (exact) mass is 376 g/mol. The number of piperazine rings is 1. The molecule has 0 saturated carbocycles. The minimum Gasteiger partial charge on any atom is -0.383 e. The smallest absolute Gasteiger partial charge is 0.312 e. The second-order valence-electron chi connectivity index (χ2n) is 6.40. The molecular formula is C15H28N4O5S. The number of hydrogen-bond acceptors (Lipinski definition) is 7. The van der Waals surface area contributed by atoms with E-state index in [0.717, 1.165) is 26.2 Å². The van der Waals surface area contributed by atoms with Crippen LogP contribution in [-0.2, 0) is 24.2 Å². The van der Waals surface area contributed by atoms with Crippen LogP contribution in [0.1, 0.15) is 6.42 Å². The Balaban J connectivity index is 1.85. The number of carbonyl (C=O) groups is 2. The van der Waals surface area contributed by atoms with Gasteiger partial charge < -0.3 is 20.3 Å². The van der Waals surface area contributed by atoms with Crippen LogP contribution in [0.25, 0.3) is 0 Å². The summed E-state index contributed by atoms with van der Waals surface area (Å²) < 4.78 is 28.3. The van der Waals surface area contributed by atoms with Crippen LogP contribution < -0.4 is 10.6 Å². The van der Waals surface area contributed by atoms with Crippen molar-refractivity contribution in [2.45, 2.75) is 12.5 Å². The summed E-state index contributed by atoms with van der Waals surface area (Å²) in [6.45, 7) is 5.24. The zero-order valence-electron chi connectivity index (χ0n) is 14.7. The summed E-state index contributed by atoms with van der Waals surface area (Å²) in [6, 6.07) is -0.452. The Morgan fingerprint density at radius 1 is 1.32 bits per heavy atom. The van der Waals surface area contributed by atoms with Gasteiger partial charge in [-0.05, 0) is 6.42 Å². The molecule has 2 aliphatic rings. The minimum absolute atomic E-state index is 0.0546. The molecule has 10 heteroatoms. The molecule has 2 fully saturated rings. The van der Waals surface area contributed by atoms with Crippen LogP contribution in [0, 0.1) is 0 Å². The molecule has 1 atom stereocenters. The maximum atomic E-state index is 12.5. The molecule has 0 bridgehead atoms. The topological polar surface area (TPSA) is 108 Å². The average Bonchev–Trinajstić information content (AvgIpc) is 2.95. The summed E-state index contributed by atoms with van der Waals surface area (Å²) in [5.74, 6) is -1.40. The third-order valence-corrected chi connectivity index (χ3v) is 6.31. The van der Waals surface area contributed by atoms with Crippen LogP contribution in [0.4, 0.5) is 0 Å². The van der Waals surface area contributed by atoms with Gasteiger partial charge >= 0.3 is 11.8 Å². The molecule has 0 spiro atoms. The van der Waals surface area contributed by atoms with Gasteiger partial charge in [-0.1, -0.05) is 0 Å². The lowest BCUT2D eigenvalue weighted by Crippen LogP contribution is -2.51. The highest BCUT2D eigenvalue weighted by molar-refractivity contribution is 7.91. The van der Waals surface area contributed by atoms with Gasteiger partial charge in [-0.3, -0.25) is 14.5 Å². The lowest BCUT2D eigenvalue weighted by Gasteiger charge is -2.28. The number of nitrogens with zero attached hydrogens (tertiary/aromatic N) is 2. The maximum Gasteiger partial charge on any atom is 0.312 e. The first-order chi connectivity index (χ1) is 11.9. The van der Waals surface area contributed by atoms with Crippen molar-refractivity contribution in [1.29, 1.82) is 0 Å². The molecule has 0 aromatic rings. The summed E-state index contributed by atoms with van der Waals surface area (Å²) in [6.07, 6.45) is 0.367. The zero-order chi connectivity index (χ0) is 18.3. The molecule has 25 heavy (non-hydrogen) atoms. The van der Waals surface area contributed by atoms with E-state index >= 15 is 0 Å². The van der Waals surface area contributed by atoms with Crippen molar-refractivity contribution >= 4 is 21.7 Å². The van der Waals surface area contributed by atoms with E-state index in [-0.39, 0.29) is 24.7 Å². The Morgan fingerprint density at radius 2 is 2.04 bits per heavy atom. The maximum absolute atomic E-state index is 12.5. The first kappa shape index (κ1) is 20.1. The van der Waals surface area contributed by atoms with Crippen molar-refractivity contribution in [3.63, 3.8) is 0 Å². The van der Waals surface area contributed by atoms with Crippen molar-refractivity contribution in [3.8, 4) is 0 Å². The molecule has 0 aromatic carbocycles. The summed E-state index contributed by atoms with van der Waals surface area (Å²) in [5, 5.41) is 5.90. The van der Waals surface area contributed by atoms with E-state index in [4.69, 9.17) is 4.74 Å². The third-order valence-electron chi connectivity index (χ3n) is 4.56. The molecule has 2 saturated heterocycles. The van der Waals surface area contributed by atoms with Crippen molar-refractivity contribution in [2.24, 2.45) is 0 Å². The van der Waals surface area contributed by atoms with Crippen molar-refractivity contribution in [1.82, 2.24) is 20.4 Å². The molecule has 2 amide bonds. The Kier molecular flexibility index (Phi) is 7.60. The van der Waals surface area contributed by atoms with Gasteiger partial charge in [0, 0.05) is 59.0 Å². The molecule has 1 unspecified atom stereocenters. The van der Waals surface area contributed by atoms with Crippen LogP contribution in [0.3, 0.4) is 0 Å². The van der Waals surface area contributed by atoms with E-state index in [9.17, 15) is 18.0 Å². The van der Waals surface area contributed by atoms with Crippen LogP contribution in [0.15, 0.2) is 0 Å². The van der Waals surface area contributed by atoms with Gasteiger partial charge in [0.2, 0.25) is 0 Å². The number of methoxy groups -OCH3 is 1. The van der Waals surface area contributed by atoms with Gasteiger partial charge in [-0.2, -0.15) is 0 Å². The van der Waals surface area contributed by atoms with E-state index in [1.54, 1.807) is 0 Å². The fourth-order valence-electron chi connectivity index (χ4n) is 3.13. The van der Waals surface area contributed by atoms with E-state index in [0.29, 0.717) is 19.5 Å². The minimum atomic E-state index is -3.14. The first-order valence-corrected chi connectivity index (χ1v) is 10.5. The number of nitrogens with one attached hydrogen (secondary N) is 2. The lowest BCUT2D eigenvalue weighted by atomic mass is 10.2. The Bertz CT molecular complexity index is 562. The number of carbonyl (C=O) groups excluding carboxylic acids is 2. The number of sulfone groups is 1. The highest BCUT2D eigenvalue weighted by Crippen LogP contribution is 2.18. The normalized spacial score (nSPS) is 23.3. The molecule has 2 heterocycles. The predicted molar refractivity (Wildman–Crippen MR) is 93.0 cm³/mol. The standard InChI is InChI=1S/C15H28N4O5S/c1-24-10-9-19(13-2-11-25(22,23)12-13)15(21)14(20)17-5-8-18-6-3-16-4-7-18/h13,16H,2-12H2,1H3,(H,17,20). The van der Waals surface area contributed by atoms with Gasteiger partial charge in [-0.15, -0.1) is 0 Å². The Labute approximate surface area is 149 Å². The van der Waals surface area contributed by atoms with Crippen LogP contribution in [-0.4, -0.2) is 107 Å². The Hall–Kier alpha value is -1.23. The predicted octanol–water partition coefficient (Wildman–Crippen LogP) is -2.33. The third kappa shape index (κ3) is 6.21. The lowest BCUT2D eigenvalue weighted by molar-refractivity contribution is -0.147. The number of hydrogen-bond donors (Lipinski definition) is 2. The van der Waals surface area contributed by atoms with Gasteiger partial charge in [-0.25, -0.2) is 8.42 Å². The van der Waals surface area contributed by atoms with E-state index < -0.39 is 27.7 Å². The second kappa shape index (κ2) is 9.46. The summed E-state index contributed by atoms with van der Waals surface area (Å²) >= 11 is 0. The van der Waals surface area contributed by atoms with E-state index in [2.05, 4.69) is 15.5 Å². The summed E-state index contributed by atoms with van der Waals surface area (Å²) in [5.41, 5.74) is 0. The molecule has 0 aliphatic carbocycles. The highest BCUT2D eigenvalue weighted by atomic mass is 32.2. The molecule has 144 valence electrons. The van der Waals surface area contributed by atoms with Crippen molar-refractivity contribution in [3.05, 3.63) is 0 Å². The highest BCUT2D eigenvalue weighted by Gasteiger charge is 2.36. The summed E-state index contributed by atoms with van der Waals surface area (Å²) in [4.78, 5) is 28.2. The molecule has 0 radical (unpaired) electrons. The van der Waals surface area contributed by atoms with Gasteiger partial charge in [0.1, 0.15) is 0 Å². The SMILES string of the molecule is COCCN(C(=O)C(=O)NCCN1CCNCC1)C1CCS(=O)(=O)C1. The van der Waals surface area contributed by atoms with Gasteiger partial charge in [0.05, 0.1) is 18.1 Å². The van der Waals surface area contributed by atoms with Crippen LogP contribution in [0.5, 0.6) is 0 Å². The fourth-order valence-corrected chi connectivity index (χ4v) is 4.86. The second-order valence-corrected chi connectivity index (χ2v) is 8.62. The largest absolute Gasteiger partial charge is 0.383 e. The van der Waals surface area contributed by atoms with Crippen molar-refractivity contribution in [2.75, 3.05) is 71.0 Å². The van der Waals surface area contributed by atoms with E-state index in [1.807, 2.05) is 0 Å². The molecule has 0 aromatic heterocycles. The number of amides is 2. The van der Waals surface area contributed by atoms with Crippen molar-refractivity contribution < 1.29 is 22.7 Å². The average molecular weight is 376 g/mol. The molecule has 9 nitrogen and oxygen atoms in total. The summed E-state index contributed by atoms with van der Waals surface area (Å²) in [7, 11) is -1.63. The van der Waals surface area contributed by atoms with Gasteiger partial charge in [0.25, 0.3) is 0 Å². The molecule has 2 aliphatic heterocycles. The zero-order valence-corrected chi connectivity index (χ0v) is 15.5. The van der Waals surface area contributed by atoms with E-state index in [1.165, 1.54) is 12.0 Å². The molecule has 2 N–H and O–H groups in total. The molecular weight excluding hydrogens is 348 g/mol. The Morgan fingerprint density at radius 3 is 2.64 bits per heavy atom. The molecule has 2 rings (SSSR count).